The smallest absolute Gasteiger partial charge is 0.221 e. The predicted molar refractivity (Wildman–Crippen MR) is 123 cm³/mol. The predicted octanol–water partition coefficient (Wildman–Crippen LogP) is 3.31. The van der Waals surface area contributed by atoms with Crippen molar-refractivity contribution in [2.45, 2.75) is 45.1 Å². The Morgan fingerprint density at radius 1 is 1.38 bits per heavy atom. The van der Waals surface area contributed by atoms with Crippen molar-refractivity contribution in [3.63, 3.8) is 0 Å². The van der Waals surface area contributed by atoms with Crippen molar-refractivity contribution in [2.75, 3.05) is 27.3 Å². The topological polar surface area (TPSA) is 88.3 Å². The van der Waals surface area contributed by atoms with Gasteiger partial charge >= 0.3 is 0 Å². The van der Waals surface area contributed by atoms with Gasteiger partial charge in [0.05, 0.1) is 35.3 Å². The van der Waals surface area contributed by atoms with E-state index in [0.29, 0.717) is 19.0 Å². The number of pyridine rings is 1. The number of ether oxygens (including phenoxy) is 3. The highest BCUT2D eigenvalue weighted by molar-refractivity contribution is 5.90. The van der Waals surface area contributed by atoms with Crippen LogP contribution in [-0.2, 0) is 23.1 Å². The lowest BCUT2D eigenvalue weighted by Gasteiger charge is -2.23. The van der Waals surface area contributed by atoms with Gasteiger partial charge in [0.2, 0.25) is 5.88 Å². The summed E-state index contributed by atoms with van der Waals surface area (Å²) in [6, 6.07) is 2.03. The summed E-state index contributed by atoms with van der Waals surface area (Å²) in [4.78, 5) is 4.80. The van der Waals surface area contributed by atoms with Gasteiger partial charge in [0.25, 0.3) is 0 Å². The number of rotatable bonds is 9. The summed E-state index contributed by atoms with van der Waals surface area (Å²) < 4.78 is 21.3. The number of nitrogens with one attached hydrogen (secondary N) is 1. The molecule has 0 saturated carbocycles. The monoisotopic (exact) mass is 440 g/mol. The Balaban J connectivity index is 1.81. The molecule has 0 bridgehead atoms. The van der Waals surface area contributed by atoms with Crippen LogP contribution in [0.5, 0.6) is 5.88 Å². The molecule has 1 aliphatic heterocycles. The van der Waals surface area contributed by atoms with Gasteiger partial charge in [0, 0.05) is 32.7 Å². The fraction of sp³-hybridized carbons (Fsp3) is 0.522. The normalized spacial score (nSPS) is 17.6. The summed E-state index contributed by atoms with van der Waals surface area (Å²) >= 11 is 0. The lowest BCUT2D eigenvalue weighted by molar-refractivity contribution is -0.0367. The van der Waals surface area contributed by atoms with Crippen molar-refractivity contribution >= 4 is 17.0 Å². The number of fused-ring (bicyclic) bond motifs is 1. The van der Waals surface area contributed by atoms with Crippen LogP contribution in [0.3, 0.4) is 0 Å². The first kappa shape index (κ1) is 22.4. The lowest BCUT2D eigenvalue weighted by Crippen LogP contribution is -2.27. The zero-order valence-electron chi connectivity index (χ0n) is 19.3. The van der Waals surface area contributed by atoms with Crippen molar-refractivity contribution < 1.29 is 14.2 Å². The maximum absolute atomic E-state index is 6.25. The second-order valence-electron chi connectivity index (χ2n) is 8.11. The standard InChI is InChI=1S/C23H32N6O3/c1-6-17-16-11-18(25-13-20(16)29(27-17)21-9-7-8-10-31-21)22-19(14-30-5)26-28(4)23(22)32-15(2)12-24-3/h6,11,13,15,21,24H,1,7-10,12,14H2,2-5H3/t15-,21?/m0/s1. The van der Waals surface area contributed by atoms with Crippen molar-refractivity contribution in [3.05, 3.63) is 30.2 Å². The first-order chi connectivity index (χ1) is 15.6. The Morgan fingerprint density at radius 2 is 2.22 bits per heavy atom. The molecule has 1 aliphatic rings. The molecule has 32 heavy (non-hydrogen) atoms. The average molecular weight is 441 g/mol. The molecule has 0 spiro atoms. The molecule has 1 N–H and O–H groups in total. The van der Waals surface area contributed by atoms with E-state index in [2.05, 4.69) is 17.0 Å². The van der Waals surface area contributed by atoms with Gasteiger partial charge in [-0.25, -0.2) is 9.36 Å². The van der Waals surface area contributed by atoms with Gasteiger partial charge in [-0.2, -0.15) is 10.2 Å². The molecule has 172 valence electrons. The molecule has 4 rings (SSSR count). The molecular formula is C23H32N6O3. The Labute approximate surface area is 188 Å². The number of aryl methyl sites for hydroxylation is 1. The summed E-state index contributed by atoms with van der Waals surface area (Å²) in [6.45, 7) is 7.81. The van der Waals surface area contributed by atoms with Gasteiger partial charge in [0.1, 0.15) is 11.8 Å². The van der Waals surface area contributed by atoms with Crippen LogP contribution in [-0.4, -0.2) is 58.0 Å². The Kier molecular flexibility index (Phi) is 6.88. The average Bonchev–Trinajstić information content (AvgIpc) is 3.31. The molecule has 0 aliphatic carbocycles. The van der Waals surface area contributed by atoms with E-state index in [1.165, 1.54) is 0 Å². The summed E-state index contributed by atoms with van der Waals surface area (Å²) in [7, 11) is 5.43. The zero-order valence-corrected chi connectivity index (χ0v) is 19.3. The quantitative estimate of drug-likeness (QED) is 0.546. The maximum Gasteiger partial charge on any atom is 0.221 e. The van der Waals surface area contributed by atoms with E-state index < -0.39 is 0 Å². The number of methoxy groups -OCH3 is 1. The van der Waals surface area contributed by atoms with Crippen LogP contribution in [0.1, 0.15) is 43.8 Å². The molecule has 4 heterocycles. The van der Waals surface area contributed by atoms with Gasteiger partial charge in [-0.15, -0.1) is 0 Å². The molecule has 0 aromatic carbocycles. The minimum atomic E-state index is -0.0728. The summed E-state index contributed by atoms with van der Waals surface area (Å²) in [5.41, 5.74) is 4.10. The summed E-state index contributed by atoms with van der Waals surface area (Å²) in [6.07, 6.45) is 6.67. The second-order valence-corrected chi connectivity index (χ2v) is 8.11. The van der Waals surface area contributed by atoms with Crippen LogP contribution in [0.15, 0.2) is 18.8 Å². The summed E-state index contributed by atoms with van der Waals surface area (Å²) in [5.74, 6) is 0.662. The SMILES string of the molecule is C=Cc1nn(C2CCCCO2)c2cnc(-c3c(COC)nn(C)c3O[C@@H](C)CNC)cc12. The van der Waals surface area contributed by atoms with Crippen molar-refractivity contribution in [2.24, 2.45) is 7.05 Å². The van der Waals surface area contributed by atoms with E-state index in [1.807, 2.05) is 38.0 Å². The van der Waals surface area contributed by atoms with E-state index >= 15 is 0 Å². The molecule has 0 radical (unpaired) electrons. The zero-order chi connectivity index (χ0) is 22.7. The highest BCUT2D eigenvalue weighted by Gasteiger charge is 2.25. The third kappa shape index (κ3) is 4.28. The third-order valence-corrected chi connectivity index (χ3v) is 5.65. The van der Waals surface area contributed by atoms with Gasteiger partial charge in [-0.3, -0.25) is 4.98 Å². The molecule has 1 saturated heterocycles. The minimum absolute atomic E-state index is 0.0387. The van der Waals surface area contributed by atoms with Crippen LogP contribution < -0.4 is 10.1 Å². The maximum atomic E-state index is 6.25. The third-order valence-electron chi connectivity index (χ3n) is 5.65. The lowest BCUT2D eigenvalue weighted by atomic mass is 10.1. The molecule has 9 nitrogen and oxygen atoms in total. The number of likely N-dealkylation sites (N-methyl/N-ethyl adjacent to an activating group) is 1. The molecule has 9 heteroatoms. The van der Waals surface area contributed by atoms with Crippen LogP contribution in [0, 0.1) is 0 Å². The molecular weight excluding hydrogens is 408 g/mol. The van der Waals surface area contributed by atoms with Gasteiger partial charge < -0.3 is 19.5 Å². The van der Waals surface area contributed by atoms with Crippen LogP contribution in [0.25, 0.3) is 28.2 Å². The van der Waals surface area contributed by atoms with Crippen LogP contribution in [0.4, 0.5) is 0 Å². The first-order valence-corrected chi connectivity index (χ1v) is 11.1. The van der Waals surface area contributed by atoms with Crippen LogP contribution in [0.2, 0.25) is 0 Å². The molecule has 1 fully saturated rings. The Morgan fingerprint density at radius 3 is 2.91 bits per heavy atom. The largest absolute Gasteiger partial charge is 0.473 e. The number of hydrogen-bond donors (Lipinski definition) is 1. The highest BCUT2D eigenvalue weighted by atomic mass is 16.5. The fourth-order valence-electron chi connectivity index (χ4n) is 4.20. The number of nitrogens with zero attached hydrogens (tertiary/aromatic N) is 5. The van der Waals surface area contributed by atoms with E-state index in [9.17, 15) is 0 Å². The van der Waals surface area contributed by atoms with E-state index in [4.69, 9.17) is 24.3 Å². The van der Waals surface area contributed by atoms with Crippen LogP contribution >= 0.6 is 0 Å². The van der Waals surface area contributed by atoms with Crippen molar-refractivity contribution in [3.8, 4) is 17.1 Å². The minimum Gasteiger partial charge on any atom is -0.473 e. The molecule has 3 aromatic heterocycles. The van der Waals surface area contributed by atoms with E-state index in [-0.39, 0.29) is 12.3 Å². The highest BCUT2D eigenvalue weighted by Crippen LogP contribution is 2.36. The summed E-state index contributed by atoms with van der Waals surface area (Å²) in [5, 5.41) is 13.5. The van der Waals surface area contributed by atoms with Crippen molar-refractivity contribution in [1.29, 1.82) is 0 Å². The molecule has 3 aromatic rings. The van der Waals surface area contributed by atoms with E-state index in [0.717, 1.165) is 59.4 Å². The first-order valence-electron chi connectivity index (χ1n) is 11.1. The number of aromatic nitrogens is 5. The Hall–Kier alpha value is -2.75. The molecule has 1 unspecified atom stereocenters. The second kappa shape index (κ2) is 9.81. The Bertz CT molecular complexity index is 1080. The molecule has 0 amide bonds. The van der Waals surface area contributed by atoms with Gasteiger partial charge in [-0.1, -0.05) is 6.58 Å². The van der Waals surface area contributed by atoms with Gasteiger partial charge in [-0.05, 0) is 45.4 Å². The molecule has 2 atom stereocenters. The fourth-order valence-corrected chi connectivity index (χ4v) is 4.20. The number of hydrogen-bond acceptors (Lipinski definition) is 7. The van der Waals surface area contributed by atoms with E-state index in [1.54, 1.807) is 17.9 Å². The van der Waals surface area contributed by atoms with Crippen molar-refractivity contribution in [1.82, 2.24) is 29.9 Å². The van der Waals surface area contributed by atoms with Gasteiger partial charge in [0.15, 0.2) is 6.23 Å².